The van der Waals surface area contributed by atoms with Gasteiger partial charge < -0.3 is 4.74 Å². The Balaban J connectivity index is 3.49. The third-order valence-corrected chi connectivity index (χ3v) is 2.58. The monoisotopic (exact) mass is 364 g/mol. The van der Waals surface area contributed by atoms with Gasteiger partial charge in [0, 0.05) is 0 Å². The van der Waals surface area contributed by atoms with Crippen LogP contribution in [-0.4, -0.2) is 17.0 Å². The summed E-state index contributed by atoms with van der Waals surface area (Å²) in [5.74, 6) is -2.33. The molecule has 0 bridgehead atoms. The van der Waals surface area contributed by atoms with E-state index in [2.05, 4.69) is 20.7 Å². The van der Waals surface area contributed by atoms with Gasteiger partial charge in [-0.15, -0.1) is 13.2 Å². The Kier molecular flexibility index (Phi) is 4.73. The highest BCUT2D eigenvalue weighted by Crippen LogP contribution is 2.38. The Morgan fingerprint density at radius 2 is 1.75 bits per heavy atom. The Bertz CT molecular complexity index is 507. The fourth-order valence-electron chi connectivity index (χ4n) is 1.43. The van der Waals surface area contributed by atoms with Crippen LogP contribution in [0.2, 0.25) is 0 Å². The van der Waals surface area contributed by atoms with Crippen LogP contribution in [0.4, 0.5) is 26.3 Å². The first kappa shape index (κ1) is 16.8. The van der Waals surface area contributed by atoms with Gasteiger partial charge in [-0.3, -0.25) is 4.79 Å². The number of rotatable bonds is 3. The van der Waals surface area contributed by atoms with Crippen molar-refractivity contribution in [3.05, 3.63) is 29.3 Å². The first-order valence-electron chi connectivity index (χ1n) is 5.07. The number of ketones is 1. The van der Waals surface area contributed by atoms with E-state index in [1.54, 1.807) is 0 Å². The molecule has 1 aromatic rings. The molecule has 20 heavy (non-hydrogen) atoms. The van der Waals surface area contributed by atoms with Crippen molar-refractivity contribution in [3.8, 4) is 5.75 Å². The summed E-state index contributed by atoms with van der Waals surface area (Å²) < 4.78 is 78.4. The van der Waals surface area contributed by atoms with Gasteiger partial charge in [-0.2, -0.15) is 13.2 Å². The van der Waals surface area contributed by atoms with Gasteiger partial charge in [0.15, 0.2) is 5.78 Å². The average molecular weight is 365 g/mol. The zero-order chi connectivity index (χ0) is 15.7. The lowest BCUT2D eigenvalue weighted by molar-refractivity contribution is -0.274. The van der Waals surface area contributed by atoms with Gasteiger partial charge in [0.05, 0.1) is 16.0 Å². The predicted octanol–water partition coefficient (Wildman–Crippen LogP) is 4.57. The third kappa shape index (κ3) is 4.12. The van der Waals surface area contributed by atoms with Crippen LogP contribution < -0.4 is 4.74 Å². The quantitative estimate of drug-likeness (QED) is 0.446. The van der Waals surface area contributed by atoms with Crippen molar-refractivity contribution in [1.82, 2.24) is 0 Å². The Hall–Kier alpha value is -1.25. The molecule has 0 saturated carbocycles. The van der Waals surface area contributed by atoms with Crippen molar-refractivity contribution >= 4 is 21.7 Å². The molecule has 0 N–H and O–H groups in total. The first-order chi connectivity index (χ1) is 8.93. The molecule has 0 amide bonds. The molecule has 0 heterocycles. The number of carbonyl (C=O) groups is 1. The highest BCUT2D eigenvalue weighted by molar-refractivity contribution is 9.10. The summed E-state index contributed by atoms with van der Waals surface area (Å²) in [6.07, 6.45) is -10.2. The van der Waals surface area contributed by atoms with E-state index in [1.807, 2.05) is 0 Å². The van der Waals surface area contributed by atoms with Gasteiger partial charge >= 0.3 is 12.5 Å². The van der Waals surface area contributed by atoms with E-state index in [0.717, 1.165) is 6.07 Å². The van der Waals surface area contributed by atoms with Crippen LogP contribution in [-0.2, 0) is 6.18 Å². The van der Waals surface area contributed by atoms with Gasteiger partial charge in [0.2, 0.25) is 0 Å². The highest BCUT2D eigenvalue weighted by atomic mass is 79.9. The zero-order valence-electron chi connectivity index (χ0n) is 9.77. The molecule has 1 aromatic carbocycles. The molecular formula is C11H7BrF6O2. The molecule has 0 fully saturated rings. The van der Waals surface area contributed by atoms with E-state index in [4.69, 9.17) is 0 Å². The third-order valence-electron chi connectivity index (χ3n) is 2.16. The van der Waals surface area contributed by atoms with Crippen LogP contribution in [0.3, 0.4) is 0 Å². The lowest BCUT2D eigenvalue weighted by atomic mass is 10.0. The largest absolute Gasteiger partial charge is 0.573 e. The SMILES string of the molecule is CC(Br)C(=O)c1c(OC(F)(F)F)cccc1C(F)(F)F. The summed E-state index contributed by atoms with van der Waals surface area (Å²) >= 11 is 2.74. The summed E-state index contributed by atoms with van der Waals surface area (Å²) in [7, 11) is 0. The minimum absolute atomic E-state index is 0.520. The number of carbonyl (C=O) groups excluding carboxylic acids is 1. The number of Topliss-reactive ketones (excluding diaryl/α,β-unsaturated/α-hetero) is 1. The maximum Gasteiger partial charge on any atom is 0.573 e. The van der Waals surface area contributed by atoms with Crippen molar-refractivity contribution in [2.75, 3.05) is 0 Å². The summed E-state index contributed by atoms with van der Waals surface area (Å²) in [6.45, 7) is 1.20. The second-order valence-corrected chi connectivity index (χ2v) is 5.08. The van der Waals surface area contributed by atoms with E-state index in [0.29, 0.717) is 12.1 Å². The summed E-state index contributed by atoms with van der Waals surface area (Å²) in [5.41, 5.74) is -2.63. The van der Waals surface area contributed by atoms with Crippen LogP contribution in [0.25, 0.3) is 0 Å². The number of hydrogen-bond donors (Lipinski definition) is 0. The van der Waals surface area contributed by atoms with E-state index < -0.39 is 40.0 Å². The molecule has 0 aliphatic heterocycles. The number of ether oxygens (including phenoxy) is 1. The molecule has 0 radical (unpaired) electrons. The molecule has 0 saturated heterocycles. The molecular weight excluding hydrogens is 358 g/mol. The van der Waals surface area contributed by atoms with Gasteiger partial charge in [0.25, 0.3) is 0 Å². The van der Waals surface area contributed by atoms with Crippen LogP contribution in [0.5, 0.6) is 5.75 Å². The standard InChI is InChI=1S/C11H7BrF6O2/c1-5(12)9(19)8-6(10(13,14)15)3-2-4-7(8)20-11(16,17)18/h2-5H,1H3. The average Bonchev–Trinajstić information content (AvgIpc) is 2.24. The minimum atomic E-state index is -5.20. The van der Waals surface area contributed by atoms with Crippen molar-refractivity contribution in [2.45, 2.75) is 24.3 Å². The fourth-order valence-corrected chi connectivity index (χ4v) is 1.66. The second-order valence-electron chi connectivity index (χ2n) is 3.70. The Morgan fingerprint density at radius 3 is 2.15 bits per heavy atom. The Morgan fingerprint density at radius 1 is 1.20 bits per heavy atom. The molecule has 1 rings (SSSR count). The summed E-state index contributed by atoms with van der Waals surface area (Å²) in [6, 6.07) is 1.91. The van der Waals surface area contributed by atoms with Gasteiger partial charge in [-0.25, -0.2) is 0 Å². The van der Waals surface area contributed by atoms with E-state index >= 15 is 0 Å². The molecule has 0 aliphatic carbocycles. The van der Waals surface area contributed by atoms with Crippen molar-refractivity contribution < 1.29 is 35.9 Å². The molecule has 9 heteroatoms. The van der Waals surface area contributed by atoms with Gasteiger partial charge in [0.1, 0.15) is 5.75 Å². The lowest BCUT2D eigenvalue weighted by Gasteiger charge is -2.18. The summed E-state index contributed by atoms with van der Waals surface area (Å²) in [5, 5.41) is 0. The molecule has 1 atom stereocenters. The topological polar surface area (TPSA) is 26.3 Å². The summed E-state index contributed by atoms with van der Waals surface area (Å²) in [4.78, 5) is 10.6. The van der Waals surface area contributed by atoms with E-state index in [1.165, 1.54) is 6.92 Å². The normalized spacial score (nSPS) is 14.0. The maximum atomic E-state index is 12.8. The number of alkyl halides is 7. The van der Waals surface area contributed by atoms with Crippen LogP contribution in [0.1, 0.15) is 22.8 Å². The molecule has 0 aliphatic rings. The molecule has 0 aromatic heterocycles. The smallest absolute Gasteiger partial charge is 0.405 e. The maximum absolute atomic E-state index is 12.8. The number of halogens is 7. The molecule has 0 spiro atoms. The van der Waals surface area contributed by atoms with Gasteiger partial charge in [-0.1, -0.05) is 22.0 Å². The van der Waals surface area contributed by atoms with E-state index in [-0.39, 0.29) is 0 Å². The highest BCUT2D eigenvalue weighted by Gasteiger charge is 2.40. The predicted molar refractivity (Wildman–Crippen MR) is 60.8 cm³/mol. The molecule has 2 nitrogen and oxygen atoms in total. The van der Waals surface area contributed by atoms with Crippen LogP contribution >= 0.6 is 15.9 Å². The zero-order valence-corrected chi connectivity index (χ0v) is 11.4. The second kappa shape index (κ2) is 5.63. The fraction of sp³-hybridized carbons (Fsp3) is 0.364. The minimum Gasteiger partial charge on any atom is -0.405 e. The lowest BCUT2D eigenvalue weighted by Crippen LogP contribution is -2.23. The first-order valence-corrected chi connectivity index (χ1v) is 5.99. The molecule has 1 unspecified atom stereocenters. The Labute approximate surface area is 117 Å². The van der Waals surface area contributed by atoms with Crippen molar-refractivity contribution in [1.29, 1.82) is 0 Å². The van der Waals surface area contributed by atoms with Gasteiger partial charge in [-0.05, 0) is 19.1 Å². The number of hydrogen-bond acceptors (Lipinski definition) is 2. The van der Waals surface area contributed by atoms with Crippen LogP contribution in [0.15, 0.2) is 18.2 Å². The van der Waals surface area contributed by atoms with Crippen molar-refractivity contribution in [3.63, 3.8) is 0 Å². The van der Waals surface area contributed by atoms with Crippen LogP contribution in [0, 0.1) is 0 Å². The van der Waals surface area contributed by atoms with E-state index in [9.17, 15) is 31.1 Å². The molecule has 112 valence electrons. The number of benzene rings is 1. The van der Waals surface area contributed by atoms with Crippen molar-refractivity contribution in [2.24, 2.45) is 0 Å².